The Kier molecular flexibility index (Phi) is 5.88. The number of carbonyl (C=O) groups is 1. The molecular weight excluding hydrogens is 456 g/mol. The number of rotatable bonds is 4. The summed E-state index contributed by atoms with van der Waals surface area (Å²) in [7, 11) is 0. The van der Waals surface area contributed by atoms with E-state index >= 15 is 0 Å². The van der Waals surface area contributed by atoms with Gasteiger partial charge in [0, 0.05) is 18.7 Å². The van der Waals surface area contributed by atoms with Crippen LogP contribution >= 0.6 is 0 Å². The van der Waals surface area contributed by atoms with Gasteiger partial charge < -0.3 is 20.1 Å². The molecule has 36 heavy (non-hydrogen) atoms. The van der Waals surface area contributed by atoms with Gasteiger partial charge >= 0.3 is 6.09 Å². The van der Waals surface area contributed by atoms with Crippen LogP contribution in [-0.2, 0) is 4.74 Å². The minimum atomic E-state index is -0.576. The van der Waals surface area contributed by atoms with E-state index in [1.54, 1.807) is 9.58 Å². The van der Waals surface area contributed by atoms with Gasteiger partial charge in [-0.3, -0.25) is 0 Å². The molecule has 0 radical (unpaired) electrons. The summed E-state index contributed by atoms with van der Waals surface area (Å²) in [6.45, 7) is 6.59. The summed E-state index contributed by atoms with van der Waals surface area (Å²) in [6, 6.07) is 17.0. The lowest BCUT2D eigenvalue weighted by atomic mass is 10.1. The molecule has 9 heteroatoms. The maximum Gasteiger partial charge on any atom is 0.410 e. The summed E-state index contributed by atoms with van der Waals surface area (Å²) in [5.74, 6) is 1.63. The number of benzene rings is 2. The number of carbonyl (C=O) groups excluding carboxylic acids is 1. The fourth-order valence-electron chi connectivity index (χ4n) is 4.36. The Hall–Kier alpha value is -4.14. The van der Waals surface area contributed by atoms with Gasteiger partial charge in [-0.05, 0) is 70.0 Å². The predicted molar refractivity (Wildman–Crippen MR) is 138 cm³/mol. The number of anilines is 1. The molecule has 0 bridgehead atoms. The average Bonchev–Trinajstić information content (AvgIpc) is 3.24. The lowest BCUT2D eigenvalue weighted by Gasteiger charge is -2.34. The number of likely N-dealkylation sites (tertiary alicyclic amines) is 1. The minimum Gasteiger partial charge on any atom is -0.457 e. The van der Waals surface area contributed by atoms with Crippen LogP contribution in [-0.4, -0.2) is 49.4 Å². The predicted octanol–water partition coefficient (Wildman–Crippen LogP) is 5.44. The lowest BCUT2D eigenvalue weighted by molar-refractivity contribution is 0.0169. The molecule has 1 amide bonds. The number of aromatic nitrogens is 4. The van der Waals surface area contributed by atoms with Gasteiger partial charge in [-0.1, -0.05) is 18.2 Å². The molecule has 0 saturated carbocycles. The largest absolute Gasteiger partial charge is 0.457 e. The Balaban J connectivity index is 1.48. The first-order valence-electron chi connectivity index (χ1n) is 12.5. The third-order valence-corrected chi connectivity index (χ3v) is 5.97. The normalized spacial score (nSPS) is 16.6. The highest BCUT2D eigenvalue weighted by Crippen LogP contribution is 2.35. The third kappa shape index (κ3) is 4.95. The summed E-state index contributed by atoms with van der Waals surface area (Å²) < 4.78 is 21.3. The van der Waals surface area contributed by atoms with Gasteiger partial charge in [0.25, 0.3) is 0 Å². The molecule has 1 aliphatic rings. The number of piperidine rings is 1. The molecule has 1 fully saturated rings. The summed E-state index contributed by atoms with van der Waals surface area (Å²) in [4.78, 5) is 22.9. The van der Waals surface area contributed by atoms with Crippen LogP contribution in [0.5, 0.6) is 11.5 Å². The summed E-state index contributed by atoms with van der Waals surface area (Å²) in [5, 5.41) is 5.48. The van der Waals surface area contributed by atoms with Crippen LogP contribution in [0.3, 0.4) is 0 Å². The van der Waals surface area contributed by atoms with E-state index in [1.807, 2.05) is 75.4 Å². The van der Waals surface area contributed by atoms with Gasteiger partial charge in [-0.15, -0.1) is 0 Å². The van der Waals surface area contributed by atoms with Crippen LogP contribution in [0.25, 0.3) is 22.3 Å². The van der Waals surface area contributed by atoms with Crippen molar-refractivity contribution in [3.63, 3.8) is 0 Å². The molecule has 1 aliphatic heterocycles. The number of nitrogen functional groups attached to an aromatic ring is 1. The first-order chi connectivity index (χ1) is 17.7. The van der Waals surface area contributed by atoms with E-state index in [0.29, 0.717) is 35.6 Å². The maximum absolute atomic E-state index is 12.7. The first kappa shape index (κ1) is 22.3. The Bertz CT molecular complexity index is 1420. The molecule has 2 aromatic carbocycles. The fourth-order valence-corrected chi connectivity index (χ4v) is 4.36. The number of fused-ring (bicyclic) bond motifs is 1. The second kappa shape index (κ2) is 9.49. The first-order valence-corrected chi connectivity index (χ1v) is 12.0. The quantitative estimate of drug-likeness (QED) is 0.408. The van der Waals surface area contributed by atoms with Crippen molar-refractivity contribution in [2.45, 2.75) is 45.3 Å². The standard InChI is InChI=1S/C27H30N6O3/c1-27(2,3)36-26(34)32-15-7-8-19(16-32)33-25-22(24(28)29-17-30-25)23(31-33)18-11-13-21(14-12-18)35-20-9-5-4-6-10-20/h4-6,9-14,17,19H,7-8,15-16H2,1-3H3,(H2,28,29,30)/t19-/m1/s1/i17D. The number of hydrogen-bond acceptors (Lipinski definition) is 7. The maximum atomic E-state index is 12.7. The van der Waals surface area contributed by atoms with Crippen LogP contribution < -0.4 is 10.5 Å². The number of hydrogen-bond donors (Lipinski definition) is 1. The van der Waals surface area contributed by atoms with Crippen molar-refractivity contribution in [1.82, 2.24) is 24.6 Å². The molecule has 0 spiro atoms. The van der Waals surface area contributed by atoms with Gasteiger partial charge in [0.05, 0.1) is 11.4 Å². The number of para-hydroxylation sites is 1. The van der Waals surface area contributed by atoms with Crippen LogP contribution in [0, 0.1) is 0 Å². The van der Waals surface area contributed by atoms with Crippen molar-refractivity contribution < 1.29 is 15.6 Å². The van der Waals surface area contributed by atoms with Gasteiger partial charge in [0.15, 0.2) is 5.65 Å². The van der Waals surface area contributed by atoms with Gasteiger partial charge in [-0.2, -0.15) is 5.10 Å². The van der Waals surface area contributed by atoms with Crippen molar-refractivity contribution in [3.05, 3.63) is 60.9 Å². The molecule has 0 aliphatic carbocycles. The molecule has 9 nitrogen and oxygen atoms in total. The van der Waals surface area contributed by atoms with Gasteiger partial charge in [0.2, 0.25) is 0 Å². The van der Waals surface area contributed by atoms with Crippen LogP contribution in [0.4, 0.5) is 10.6 Å². The SMILES string of the molecule is [2H]c1nc(N)c2c(-c3ccc(Oc4ccccc4)cc3)nn([C@@H]3CCCN(C(=O)OC(C)(C)C)C3)c2n1. The number of amides is 1. The number of nitrogens with zero attached hydrogens (tertiary/aromatic N) is 5. The van der Waals surface area contributed by atoms with E-state index in [-0.39, 0.29) is 24.3 Å². The van der Waals surface area contributed by atoms with E-state index in [4.69, 9.17) is 21.7 Å². The molecule has 1 saturated heterocycles. The van der Waals surface area contributed by atoms with E-state index < -0.39 is 5.60 Å². The Labute approximate surface area is 211 Å². The monoisotopic (exact) mass is 487 g/mol. The highest BCUT2D eigenvalue weighted by Gasteiger charge is 2.31. The summed E-state index contributed by atoms with van der Waals surface area (Å²) in [6.07, 6.45) is 1.07. The Morgan fingerprint density at radius 1 is 1.08 bits per heavy atom. The molecule has 2 N–H and O–H groups in total. The number of ether oxygens (including phenoxy) is 2. The van der Waals surface area contributed by atoms with Crippen molar-refractivity contribution in [2.24, 2.45) is 0 Å². The molecular formula is C27H30N6O3. The second-order valence-electron chi connectivity index (χ2n) is 9.86. The smallest absolute Gasteiger partial charge is 0.410 e. The van der Waals surface area contributed by atoms with Crippen molar-refractivity contribution >= 4 is 22.9 Å². The van der Waals surface area contributed by atoms with Gasteiger partial charge in [0.1, 0.15) is 36.3 Å². The van der Waals surface area contributed by atoms with E-state index in [1.165, 1.54) is 0 Å². The topological polar surface area (TPSA) is 108 Å². The summed E-state index contributed by atoms with van der Waals surface area (Å²) >= 11 is 0. The molecule has 186 valence electrons. The molecule has 2 aromatic heterocycles. The van der Waals surface area contributed by atoms with Crippen molar-refractivity contribution in [1.29, 1.82) is 0 Å². The second-order valence-corrected chi connectivity index (χ2v) is 9.86. The zero-order valence-electron chi connectivity index (χ0n) is 21.6. The molecule has 1 atom stereocenters. The van der Waals surface area contributed by atoms with E-state index in [9.17, 15) is 4.79 Å². The zero-order chi connectivity index (χ0) is 26.2. The van der Waals surface area contributed by atoms with Crippen molar-refractivity contribution in [2.75, 3.05) is 18.8 Å². The van der Waals surface area contributed by atoms with Crippen LogP contribution in [0.15, 0.2) is 60.9 Å². The molecule has 4 aromatic rings. The molecule has 0 unspecified atom stereocenters. The van der Waals surface area contributed by atoms with Gasteiger partial charge in [-0.25, -0.2) is 19.4 Å². The van der Waals surface area contributed by atoms with E-state index in [0.717, 1.165) is 24.2 Å². The highest BCUT2D eigenvalue weighted by atomic mass is 16.6. The molecule has 5 rings (SSSR count). The van der Waals surface area contributed by atoms with Crippen LogP contribution in [0.1, 0.15) is 41.0 Å². The van der Waals surface area contributed by atoms with Crippen LogP contribution in [0.2, 0.25) is 0 Å². The lowest BCUT2D eigenvalue weighted by Crippen LogP contribution is -2.43. The van der Waals surface area contributed by atoms with Crippen molar-refractivity contribution in [3.8, 4) is 22.8 Å². The third-order valence-electron chi connectivity index (χ3n) is 5.97. The fraction of sp³-hybridized carbons (Fsp3) is 0.333. The summed E-state index contributed by atoms with van der Waals surface area (Å²) in [5.41, 5.74) is 7.62. The zero-order valence-corrected chi connectivity index (χ0v) is 20.6. The number of nitrogens with two attached hydrogens (primary N) is 1. The average molecular weight is 488 g/mol. The van der Waals surface area contributed by atoms with E-state index in [2.05, 4.69) is 9.97 Å². The Morgan fingerprint density at radius 2 is 1.81 bits per heavy atom. The minimum absolute atomic E-state index is 0.146. The Morgan fingerprint density at radius 3 is 2.53 bits per heavy atom. The highest BCUT2D eigenvalue weighted by molar-refractivity contribution is 5.98. The molecule has 3 heterocycles.